The molecule has 0 aliphatic rings. The van der Waals surface area contributed by atoms with Crippen molar-refractivity contribution in [3.05, 3.63) is 59.7 Å². The van der Waals surface area contributed by atoms with Crippen molar-refractivity contribution in [1.82, 2.24) is 0 Å². The molecule has 2 aromatic carbocycles. The summed E-state index contributed by atoms with van der Waals surface area (Å²) in [6.45, 7) is 1.88. The van der Waals surface area contributed by atoms with Gasteiger partial charge in [-0.25, -0.2) is 0 Å². The summed E-state index contributed by atoms with van der Waals surface area (Å²) in [6.07, 6.45) is 0. The van der Waals surface area contributed by atoms with Gasteiger partial charge in [-0.15, -0.1) is 0 Å². The lowest BCUT2D eigenvalue weighted by Crippen LogP contribution is -2.21. The van der Waals surface area contributed by atoms with Gasteiger partial charge in [0.2, 0.25) is 0 Å². The lowest BCUT2D eigenvalue weighted by atomic mass is 10.1. The van der Waals surface area contributed by atoms with Crippen LogP contribution in [-0.2, 0) is 0 Å². The molecule has 0 fully saturated rings. The number of aromatic carboxylic acids is 1. The minimum atomic E-state index is -1.19. The highest BCUT2D eigenvalue weighted by Crippen LogP contribution is 2.13. The molecule has 21 heavy (non-hydrogen) atoms. The van der Waals surface area contributed by atoms with E-state index in [2.05, 4.69) is 10.5 Å². The lowest BCUT2D eigenvalue weighted by molar-refractivity contribution is -0.255. The summed E-state index contributed by atoms with van der Waals surface area (Å²) >= 11 is 0. The molecular formula is C16H15N2O3-. The Balaban J connectivity index is 2.06. The monoisotopic (exact) mass is 283 g/mol. The third kappa shape index (κ3) is 3.82. The first-order chi connectivity index (χ1) is 10.1. The zero-order valence-corrected chi connectivity index (χ0v) is 11.8. The third-order valence-corrected chi connectivity index (χ3v) is 2.98. The molecule has 0 saturated heterocycles. The van der Waals surface area contributed by atoms with Gasteiger partial charge < -0.3 is 14.6 Å². The quantitative estimate of drug-likeness (QED) is 0.672. The fraction of sp³-hybridized carbons (Fsp3) is 0.125. The number of methoxy groups -OCH3 is 1. The first kappa shape index (κ1) is 14.6. The lowest BCUT2D eigenvalue weighted by Gasteiger charge is -2.06. The second-order valence-corrected chi connectivity index (χ2v) is 4.40. The van der Waals surface area contributed by atoms with Crippen molar-refractivity contribution >= 4 is 17.4 Å². The van der Waals surface area contributed by atoms with E-state index in [-0.39, 0.29) is 5.56 Å². The zero-order valence-electron chi connectivity index (χ0n) is 11.8. The predicted molar refractivity (Wildman–Crippen MR) is 79.6 cm³/mol. The van der Waals surface area contributed by atoms with E-state index in [4.69, 9.17) is 4.74 Å². The molecule has 0 aliphatic heterocycles. The number of hydrogen-bond donors (Lipinski definition) is 1. The van der Waals surface area contributed by atoms with Crippen LogP contribution in [0.3, 0.4) is 0 Å². The van der Waals surface area contributed by atoms with Gasteiger partial charge in [0.15, 0.2) is 0 Å². The van der Waals surface area contributed by atoms with Crippen LogP contribution in [0.1, 0.15) is 22.8 Å². The Labute approximate surface area is 122 Å². The van der Waals surface area contributed by atoms with Crippen LogP contribution in [0.4, 0.5) is 5.69 Å². The number of carbonyl (C=O) groups excluding carboxylic acids is 1. The maximum Gasteiger partial charge on any atom is 0.118 e. The van der Waals surface area contributed by atoms with Crippen LogP contribution in [0.2, 0.25) is 0 Å². The molecule has 0 bridgehead atoms. The van der Waals surface area contributed by atoms with Crippen LogP contribution in [0, 0.1) is 0 Å². The van der Waals surface area contributed by atoms with E-state index in [1.807, 2.05) is 31.2 Å². The molecule has 0 radical (unpaired) electrons. The Kier molecular flexibility index (Phi) is 4.56. The molecule has 0 heterocycles. The average molecular weight is 283 g/mol. The predicted octanol–water partition coefficient (Wildman–Crippen LogP) is 1.89. The highest BCUT2D eigenvalue weighted by Gasteiger charge is 1.99. The van der Waals surface area contributed by atoms with Crippen molar-refractivity contribution in [3.63, 3.8) is 0 Å². The standard InChI is InChI=1S/C16H16N2O3/c1-11(12-5-9-15(21-2)10-6-12)17-18-14-7-3-13(4-8-14)16(19)20/h3-10,18H,1-2H3,(H,19,20)/p-1/b17-11-. The molecule has 0 amide bonds. The second kappa shape index (κ2) is 6.56. The molecule has 0 spiro atoms. The molecule has 5 nitrogen and oxygen atoms in total. The van der Waals surface area contributed by atoms with Gasteiger partial charge in [0.05, 0.1) is 24.5 Å². The van der Waals surface area contributed by atoms with Crippen molar-refractivity contribution in [3.8, 4) is 5.75 Å². The van der Waals surface area contributed by atoms with E-state index in [1.54, 1.807) is 19.2 Å². The maximum absolute atomic E-state index is 10.6. The van der Waals surface area contributed by atoms with Crippen molar-refractivity contribution in [2.45, 2.75) is 6.92 Å². The van der Waals surface area contributed by atoms with E-state index in [9.17, 15) is 9.90 Å². The molecule has 108 valence electrons. The van der Waals surface area contributed by atoms with Crippen LogP contribution < -0.4 is 15.3 Å². The van der Waals surface area contributed by atoms with Crippen molar-refractivity contribution in [2.24, 2.45) is 5.10 Å². The summed E-state index contributed by atoms with van der Waals surface area (Å²) in [5, 5.41) is 14.9. The van der Waals surface area contributed by atoms with E-state index in [1.165, 1.54) is 12.1 Å². The van der Waals surface area contributed by atoms with Gasteiger partial charge in [-0.1, -0.05) is 12.1 Å². The van der Waals surface area contributed by atoms with Gasteiger partial charge in [-0.05, 0) is 54.4 Å². The number of ether oxygens (including phenoxy) is 1. The third-order valence-electron chi connectivity index (χ3n) is 2.98. The Morgan fingerprint density at radius 3 is 2.14 bits per heavy atom. The number of carbonyl (C=O) groups is 1. The van der Waals surface area contributed by atoms with E-state index >= 15 is 0 Å². The smallest absolute Gasteiger partial charge is 0.118 e. The Bertz CT molecular complexity index is 646. The number of hydrogen-bond acceptors (Lipinski definition) is 5. The van der Waals surface area contributed by atoms with Gasteiger partial charge >= 0.3 is 0 Å². The summed E-state index contributed by atoms with van der Waals surface area (Å²) in [4.78, 5) is 10.6. The topological polar surface area (TPSA) is 73.8 Å². The second-order valence-electron chi connectivity index (χ2n) is 4.40. The highest BCUT2D eigenvalue weighted by atomic mass is 16.5. The van der Waals surface area contributed by atoms with E-state index in [0.29, 0.717) is 5.69 Å². The molecule has 0 atom stereocenters. The molecular weight excluding hydrogens is 268 g/mol. The number of carboxylic acids is 1. The molecule has 0 saturated carbocycles. The molecule has 5 heteroatoms. The Hall–Kier alpha value is -2.82. The van der Waals surface area contributed by atoms with Crippen molar-refractivity contribution < 1.29 is 14.6 Å². The summed E-state index contributed by atoms with van der Waals surface area (Å²) in [7, 11) is 1.62. The SMILES string of the molecule is COc1ccc(/C(C)=N\Nc2ccc(C(=O)[O-])cc2)cc1. The number of hydrazone groups is 1. The number of carboxylic acid groups (broad SMARTS) is 1. The van der Waals surface area contributed by atoms with Crippen LogP contribution >= 0.6 is 0 Å². The normalized spacial score (nSPS) is 11.0. The Morgan fingerprint density at radius 2 is 1.62 bits per heavy atom. The van der Waals surface area contributed by atoms with E-state index < -0.39 is 5.97 Å². The molecule has 2 aromatic rings. The van der Waals surface area contributed by atoms with E-state index in [0.717, 1.165) is 17.0 Å². The average Bonchev–Trinajstić information content (AvgIpc) is 2.53. The van der Waals surface area contributed by atoms with Gasteiger partial charge in [-0.3, -0.25) is 5.43 Å². The van der Waals surface area contributed by atoms with Gasteiger partial charge in [-0.2, -0.15) is 5.10 Å². The molecule has 1 N–H and O–H groups in total. The van der Waals surface area contributed by atoms with Crippen LogP contribution in [-0.4, -0.2) is 18.8 Å². The number of nitrogens with one attached hydrogen (secondary N) is 1. The van der Waals surface area contributed by atoms with Crippen LogP contribution in [0.15, 0.2) is 53.6 Å². The number of benzene rings is 2. The van der Waals surface area contributed by atoms with Crippen LogP contribution in [0.25, 0.3) is 0 Å². The fourth-order valence-electron chi connectivity index (χ4n) is 1.73. The number of rotatable bonds is 5. The molecule has 2 rings (SSSR count). The maximum atomic E-state index is 10.6. The molecule has 0 aliphatic carbocycles. The largest absolute Gasteiger partial charge is 0.545 e. The first-order valence-corrected chi connectivity index (χ1v) is 6.36. The summed E-state index contributed by atoms with van der Waals surface area (Å²) in [5.74, 6) is -0.406. The number of nitrogens with zero attached hydrogens (tertiary/aromatic N) is 1. The van der Waals surface area contributed by atoms with Gasteiger partial charge in [0, 0.05) is 0 Å². The first-order valence-electron chi connectivity index (χ1n) is 6.36. The molecule has 0 aromatic heterocycles. The summed E-state index contributed by atoms with van der Waals surface area (Å²) < 4.78 is 5.10. The van der Waals surface area contributed by atoms with Crippen molar-refractivity contribution in [1.29, 1.82) is 0 Å². The minimum absolute atomic E-state index is 0.136. The zero-order chi connectivity index (χ0) is 15.2. The highest BCUT2D eigenvalue weighted by molar-refractivity contribution is 5.99. The summed E-state index contributed by atoms with van der Waals surface area (Å²) in [5.41, 5.74) is 5.49. The van der Waals surface area contributed by atoms with Gasteiger partial charge in [0.1, 0.15) is 5.75 Å². The van der Waals surface area contributed by atoms with Crippen molar-refractivity contribution in [2.75, 3.05) is 12.5 Å². The van der Waals surface area contributed by atoms with Gasteiger partial charge in [0.25, 0.3) is 0 Å². The van der Waals surface area contributed by atoms with Crippen LogP contribution in [0.5, 0.6) is 5.75 Å². The Morgan fingerprint density at radius 1 is 1.05 bits per heavy atom. The fourth-order valence-corrected chi connectivity index (χ4v) is 1.73. The number of anilines is 1. The minimum Gasteiger partial charge on any atom is -0.545 e. The summed E-state index contributed by atoms with van der Waals surface area (Å²) in [6, 6.07) is 13.8. The molecule has 0 unspecified atom stereocenters.